The fourth-order valence-electron chi connectivity index (χ4n) is 3.98. The molecule has 1 aliphatic heterocycles. The van der Waals surface area contributed by atoms with Crippen molar-refractivity contribution in [3.05, 3.63) is 46.8 Å². The molecule has 0 bridgehead atoms. The van der Waals surface area contributed by atoms with Gasteiger partial charge in [0.15, 0.2) is 11.6 Å². The van der Waals surface area contributed by atoms with Gasteiger partial charge in [0.2, 0.25) is 5.91 Å². The van der Waals surface area contributed by atoms with Crippen molar-refractivity contribution in [2.45, 2.75) is 32.1 Å². The van der Waals surface area contributed by atoms with E-state index in [1.807, 2.05) is 4.90 Å². The van der Waals surface area contributed by atoms with E-state index in [2.05, 4.69) is 22.0 Å². The molecule has 1 amide bonds. The molecule has 0 spiro atoms. The van der Waals surface area contributed by atoms with Gasteiger partial charge in [-0.1, -0.05) is 6.07 Å². The van der Waals surface area contributed by atoms with Crippen LogP contribution >= 0.6 is 0 Å². The second-order valence-electron chi connectivity index (χ2n) is 8.52. The Balaban J connectivity index is 2.08. The molecule has 1 saturated heterocycles. The Kier molecular flexibility index (Phi) is 10.9. The van der Waals surface area contributed by atoms with Crippen LogP contribution in [0.15, 0.2) is 39.8 Å². The first-order valence-electron chi connectivity index (χ1n) is 11.4. The predicted molar refractivity (Wildman–Crippen MR) is 128 cm³/mol. The van der Waals surface area contributed by atoms with E-state index in [1.165, 1.54) is 4.90 Å². The summed E-state index contributed by atoms with van der Waals surface area (Å²) in [5.74, 6) is -2.23. The molecule has 1 fully saturated rings. The van der Waals surface area contributed by atoms with Crippen LogP contribution in [0.4, 0.5) is 22.0 Å². The van der Waals surface area contributed by atoms with E-state index >= 15 is 4.39 Å². The van der Waals surface area contributed by atoms with Crippen LogP contribution in [0.3, 0.4) is 0 Å². The van der Waals surface area contributed by atoms with Gasteiger partial charge in [0.05, 0.1) is 18.7 Å². The minimum atomic E-state index is -4.67. The highest BCUT2D eigenvalue weighted by atomic mass is 19.4. The Morgan fingerprint density at radius 3 is 2.67 bits per heavy atom. The number of carbonyl (C=O) groups excluding carboxylic acids is 1. The largest absolute Gasteiger partial charge is 0.416 e. The van der Waals surface area contributed by atoms with Crippen molar-refractivity contribution in [3.8, 4) is 0 Å². The molecule has 1 aliphatic rings. The summed E-state index contributed by atoms with van der Waals surface area (Å²) in [4.78, 5) is 21.8. The van der Waals surface area contributed by atoms with Gasteiger partial charge in [-0.3, -0.25) is 14.7 Å². The van der Waals surface area contributed by atoms with Gasteiger partial charge in [-0.2, -0.15) is 13.2 Å². The van der Waals surface area contributed by atoms with Gasteiger partial charge in [0, 0.05) is 31.2 Å². The van der Waals surface area contributed by atoms with Gasteiger partial charge in [-0.15, -0.1) is 0 Å². The molecule has 200 valence electrons. The number of primary amides is 1. The lowest BCUT2D eigenvalue weighted by Gasteiger charge is -2.36. The maximum absolute atomic E-state index is 15.2. The smallest absolute Gasteiger partial charge is 0.369 e. The third-order valence-electron chi connectivity index (χ3n) is 5.88. The summed E-state index contributed by atoms with van der Waals surface area (Å²) >= 11 is 0. The molecule has 0 aromatic heterocycles. The molecule has 0 radical (unpaired) electrons. The molecule has 5 N–H and O–H groups in total. The number of hydrogen-bond donors (Lipinski definition) is 3. The number of benzene rings is 1. The zero-order chi connectivity index (χ0) is 26.9. The molecule has 2 unspecified atom stereocenters. The fourth-order valence-corrected chi connectivity index (χ4v) is 3.98. The summed E-state index contributed by atoms with van der Waals surface area (Å²) in [7, 11) is 0. The van der Waals surface area contributed by atoms with E-state index in [9.17, 15) is 22.4 Å². The van der Waals surface area contributed by atoms with Crippen molar-refractivity contribution >= 4 is 19.0 Å². The first-order chi connectivity index (χ1) is 17.0. The Bertz CT molecular complexity index is 967. The number of alkyl halides is 3. The maximum Gasteiger partial charge on any atom is 0.416 e. The molecule has 2 rings (SSSR count). The average Bonchev–Trinajstić information content (AvgIpc) is 2.79. The summed E-state index contributed by atoms with van der Waals surface area (Å²) in [6.45, 7) is 6.42. The zero-order valence-electron chi connectivity index (χ0n) is 20.1. The van der Waals surface area contributed by atoms with Crippen molar-refractivity contribution in [2.24, 2.45) is 27.4 Å². The minimum absolute atomic E-state index is 0.0430. The van der Waals surface area contributed by atoms with Crippen molar-refractivity contribution < 1.29 is 26.7 Å². The van der Waals surface area contributed by atoms with Crippen molar-refractivity contribution in [1.82, 2.24) is 15.1 Å². The molecule has 13 heteroatoms. The summed E-state index contributed by atoms with van der Waals surface area (Å²) in [6, 6.07) is 1.99. The number of hydrogen-bond acceptors (Lipinski definition) is 6. The highest BCUT2D eigenvalue weighted by Crippen LogP contribution is 2.30. The van der Waals surface area contributed by atoms with Crippen LogP contribution in [-0.2, 0) is 17.5 Å². The zero-order valence-corrected chi connectivity index (χ0v) is 20.1. The number of halogens is 5. The molecule has 1 aromatic rings. The van der Waals surface area contributed by atoms with E-state index in [4.69, 9.17) is 11.5 Å². The molecule has 1 heterocycles. The average molecular weight is 518 g/mol. The highest BCUT2D eigenvalue weighted by Gasteiger charge is 2.31. The molecule has 36 heavy (non-hydrogen) atoms. The molecular formula is C23H32F5N7O. The van der Waals surface area contributed by atoms with E-state index in [-0.39, 0.29) is 49.5 Å². The SMILES string of the molecule is C=N/C=N\C(=C(\F)CNCC1CCN(CC(N)=O)CC1N)N(CC)Cc1ccc(C(F)(F)F)cc1F. The quantitative estimate of drug-likeness (QED) is 0.224. The second-order valence-corrected chi connectivity index (χ2v) is 8.52. The summed E-state index contributed by atoms with van der Waals surface area (Å²) < 4.78 is 68.1. The van der Waals surface area contributed by atoms with Crippen LogP contribution in [0.5, 0.6) is 0 Å². The monoisotopic (exact) mass is 517 g/mol. The fraction of sp³-hybridized carbons (Fsp3) is 0.522. The molecule has 0 aliphatic carbocycles. The van der Waals surface area contributed by atoms with Crippen LogP contribution in [0.25, 0.3) is 0 Å². The molecule has 2 atom stereocenters. The summed E-state index contributed by atoms with van der Waals surface area (Å²) in [5.41, 5.74) is 10.3. The molecule has 1 aromatic carbocycles. The van der Waals surface area contributed by atoms with E-state index in [1.54, 1.807) is 6.92 Å². The minimum Gasteiger partial charge on any atom is -0.369 e. The highest BCUT2D eigenvalue weighted by molar-refractivity contribution is 5.75. The van der Waals surface area contributed by atoms with E-state index in [0.29, 0.717) is 32.1 Å². The van der Waals surface area contributed by atoms with Crippen LogP contribution in [-0.4, -0.2) is 74.1 Å². The Morgan fingerprint density at radius 2 is 2.11 bits per heavy atom. The number of amides is 1. The number of nitrogens with two attached hydrogens (primary N) is 2. The third kappa shape index (κ3) is 8.64. The number of nitrogens with one attached hydrogen (secondary N) is 1. The summed E-state index contributed by atoms with van der Waals surface area (Å²) in [5, 5.41) is 3.01. The maximum atomic E-state index is 15.2. The number of aliphatic imine (C=N–C) groups is 2. The van der Waals surface area contributed by atoms with Crippen LogP contribution in [0.1, 0.15) is 24.5 Å². The number of rotatable bonds is 12. The van der Waals surface area contributed by atoms with Gasteiger partial charge in [0.1, 0.15) is 12.2 Å². The summed E-state index contributed by atoms with van der Waals surface area (Å²) in [6.07, 6.45) is -2.94. The normalized spacial score (nSPS) is 19.9. The van der Waals surface area contributed by atoms with E-state index < -0.39 is 29.3 Å². The number of piperidine rings is 1. The van der Waals surface area contributed by atoms with Crippen LogP contribution < -0.4 is 16.8 Å². The predicted octanol–water partition coefficient (Wildman–Crippen LogP) is 2.26. The molecule has 0 saturated carbocycles. The number of nitrogens with zero attached hydrogens (tertiary/aromatic N) is 4. The standard InChI is InChI=1S/C23H32F5N7O/c1-3-35(11-16-4-5-17(8-18(16)24)23(26,27)28)22(33-14-31-2)19(25)10-32-9-15-6-7-34(12-20(15)29)13-21(30)36/h4-5,8,14-15,20,32H,2-3,6-7,9-13,29H2,1H3,(H2,30,36)/b22-19-,33-14-. The van der Waals surface area contributed by atoms with Crippen LogP contribution in [0, 0.1) is 11.7 Å². The first kappa shape index (κ1) is 29.3. The third-order valence-corrected chi connectivity index (χ3v) is 5.88. The lowest BCUT2D eigenvalue weighted by atomic mass is 9.92. The van der Waals surface area contributed by atoms with Gasteiger partial charge in [0.25, 0.3) is 0 Å². The molecule has 8 nitrogen and oxygen atoms in total. The molecular weight excluding hydrogens is 485 g/mol. The number of carbonyl (C=O) groups is 1. The second kappa shape index (κ2) is 13.4. The van der Waals surface area contributed by atoms with Crippen molar-refractivity contribution in [2.75, 3.05) is 39.3 Å². The Labute approximate surface area is 206 Å². The lowest BCUT2D eigenvalue weighted by molar-refractivity contribution is -0.137. The topological polar surface area (TPSA) is 112 Å². The van der Waals surface area contributed by atoms with Gasteiger partial charge >= 0.3 is 6.18 Å². The Morgan fingerprint density at radius 1 is 1.39 bits per heavy atom. The van der Waals surface area contributed by atoms with Gasteiger partial charge < -0.3 is 21.7 Å². The number of likely N-dealkylation sites (tertiary alicyclic amines) is 1. The van der Waals surface area contributed by atoms with Crippen LogP contribution in [0.2, 0.25) is 0 Å². The van der Waals surface area contributed by atoms with E-state index in [0.717, 1.165) is 18.5 Å². The lowest BCUT2D eigenvalue weighted by Crippen LogP contribution is -2.52. The first-order valence-corrected chi connectivity index (χ1v) is 11.4. The van der Waals surface area contributed by atoms with Gasteiger partial charge in [-0.25, -0.2) is 13.8 Å². The van der Waals surface area contributed by atoms with Crippen molar-refractivity contribution in [1.29, 1.82) is 0 Å². The Hall–Kier alpha value is -2.90. The van der Waals surface area contributed by atoms with Crippen molar-refractivity contribution in [3.63, 3.8) is 0 Å². The van der Waals surface area contributed by atoms with Gasteiger partial charge in [-0.05, 0) is 51.2 Å².